The molecule has 0 bridgehead atoms. The van der Waals surface area contributed by atoms with Crippen LogP contribution in [0.2, 0.25) is 0 Å². The molecule has 0 spiro atoms. The number of hydrogen-bond donors (Lipinski definition) is 2. The Hall–Kier alpha value is -1.03. The molecule has 1 aliphatic rings. The van der Waals surface area contributed by atoms with E-state index in [-0.39, 0.29) is 24.0 Å². The highest BCUT2D eigenvalue weighted by atomic mass is 127. The first-order valence-corrected chi connectivity index (χ1v) is 8.67. The number of nitrogens with zero attached hydrogens (tertiary/aromatic N) is 2. The van der Waals surface area contributed by atoms with Crippen LogP contribution in [0.3, 0.4) is 0 Å². The lowest BCUT2D eigenvalue weighted by atomic mass is 9.94. The second-order valence-electron chi connectivity index (χ2n) is 6.58. The van der Waals surface area contributed by atoms with Crippen LogP contribution in [0.15, 0.2) is 29.3 Å². The first-order chi connectivity index (χ1) is 11.9. The minimum absolute atomic E-state index is 0. The van der Waals surface area contributed by atoms with Crippen molar-refractivity contribution in [2.24, 2.45) is 10.9 Å². The van der Waals surface area contributed by atoms with E-state index in [1.54, 1.807) is 7.05 Å². The summed E-state index contributed by atoms with van der Waals surface area (Å²) in [5.41, 5.74) is 0.156. The van der Waals surface area contributed by atoms with E-state index in [1.807, 2.05) is 0 Å². The number of halogens is 4. The molecule has 148 valence electrons. The van der Waals surface area contributed by atoms with Crippen molar-refractivity contribution in [2.45, 2.75) is 32.0 Å². The van der Waals surface area contributed by atoms with Gasteiger partial charge in [-0.3, -0.25) is 4.99 Å². The quantitative estimate of drug-likeness (QED) is 0.381. The van der Waals surface area contributed by atoms with Gasteiger partial charge in [0.25, 0.3) is 0 Å². The van der Waals surface area contributed by atoms with Crippen LogP contribution in [0.1, 0.15) is 30.4 Å². The Morgan fingerprint density at radius 2 is 1.77 bits per heavy atom. The number of alkyl halides is 3. The van der Waals surface area contributed by atoms with E-state index in [0.717, 1.165) is 49.7 Å². The van der Waals surface area contributed by atoms with E-state index in [2.05, 4.69) is 27.6 Å². The first kappa shape index (κ1) is 23.0. The Balaban J connectivity index is 0.00000338. The summed E-state index contributed by atoms with van der Waals surface area (Å²) in [7, 11) is 3.85. The molecule has 8 heteroatoms. The number of piperidine rings is 1. The number of likely N-dealkylation sites (tertiary alicyclic amines) is 1. The lowest BCUT2D eigenvalue weighted by Gasteiger charge is -2.29. The second kappa shape index (κ2) is 11.0. The van der Waals surface area contributed by atoms with Crippen molar-refractivity contribution in [1.29, 1.82) is 0 Å². The molecular formula is C18H28F3IN4. The van der Waals surface area contributed by atoms with E-state index >= 15 is 0 Å². The molecule has 1 aromatic carbocycles. The molecule has 1 aliphatic heterocycles. The molecular weight excluding hydrogens is 456 g/mol. The van der Waals surface area contributed by atoms with Gasteiger partial charge in [0.1, 0.15) is 0 Å². The molecule has 1 saturated heterocycles. The van der Waals surface area contributed by atoms with E-state index in [1.165, 1.54) is 25.0 Å². The summed E-state index contributed by atoms with van der Waals surface area (Å²) in [4.78, 5) is 6.52. The predicted molar refractivity (Wildman–Crippen MR) is 110 cm³/mol. The molecule has 0 aliphatic carbocycles. The normalized spacial score (nSPS) is 16.9. The van der Waals surface area contributed by atoms with Gasteiger partial charge in [-0.1, -0.05) is 12.1 Å². The average molecular weight is 484 g/mol. The summed E-state index contributed by atoms with van der Waals surface area (Å²) in [6.07, 6.45) is -0.724. The molecule has 0 atom stereocenters. The van der Waals surface area contributed by atoms with Crippen LogP contribution >= 0.6 is 24.0 Å². The number of aliphatic imine (C=N–C) groups is 1. The van der Waals surface area contributed by atoms with E-state index in [9.17, 15) is 13.2 Å². The SMILES string of the molecule is CN=C(NCCC1CCN(C)CC1)NCc1ccc(C(F)(F)F)cc1.I. The van der Waals surface area contributed by atoms with Crippen molar-refractivity contribution in [1.82, 2.24) is 15.5 Å². The minimum Gasteiger partial charge on any atom is -0.356 e. The van der Waals surface area contributed by atoms with Crippen LogP contribution in [-0.2, 0) is 12.7 Å². The topological polar surface area (TPSA) is 39.7 Å². The Morgan fingerprint density at radius 1 is 1.15 bits per heavy atom. The zero-order chi connectivity index (χ0) is 18.3. The number of benzene rings is 1. The number of hydrogen-bond acceptors (Lipinski definition) is 2. The Morgan fingerprint density at radius 3 is 2.31 bits per heavy atom. The number of guanidine groups is 1. The van der Waals surface area contributed by atoms with Crippen LogP contribution in [0.4, 0.5) is 13.2 Å². The summed E-state index contributed by atoms with van der Waals surface area (Å²) < 4.78 is 37.7. The van der Waals surface area contributed by atoms with Gasteiger partial charge < -0.3 is 15.5 Å². The van der Waals surface area contributed by atoms with Gasteiger partial charge in [-0.05, 0) is 63.0 Å². The lowest BCUT2D eigenvalue weighted by molar-refractivity contribution is -0.137. The zero-order valence-electron chi connectivity index (χ0n) is 15.3. The Kier molecular flexibility index (Phi) is 9.70. The molecule has 0 unspecified atom stereocenters. The monoisotopic (exact) mass is 484 g/mol. The Bertz CT molecular complexity index is 553. The van der Waals surface area contributed by atoms with Crippen LogP contribution in [0.5, 0.6) is 0 Å². The first-order valence-electron chi connectivity index (χ1n) is 8.67. The van der Waals surface area contributed by atoms with Crippen LogP contribution in [0, 0.1) is 5.92 Å². The van der Waals surface area contributed by atoms with Crippen LogP contribution in [0.25, 0.3) is 0 Å². The standard InChI is InChI=1S/C18H27F3N4.HI/c1-22-17(23-10-7-14-8-11-25(2)12-9-14)24-13-15-3-5-16(6-4-15)18(19,20)21;/h3-6,14H,7-13H2,1-2H3,(H2,22,23,24);1H. The molecule has 1 aromatic rings. The highest BCUT2D eigenvalue weighted by Crippen LogP contribution is 2.29. The maximum absolute atomic E-state index is 12.6. The second-order valence-corrected chi connectivity index (χ2v) is 6.58. The number of rotatable bonds is 5. The fourth-order valence-corrected chi connectivity index (χ4v) is 2.96. The summed E-state index contributed by atoms with van der Waals surface area (Å²) in [5, 5.41) is 6.42. The van der Waals surface area contributed by atoms with Crippen molar-refractivity contribution in [3.63, 3.8) is 0 Å². The summed E-state index contributed by atoms with van der Waals surface area (Å²) in [6, 6.07) is 5.18. The molecule has 0 radical (unpaired) electrons. The average Bonchev–Trinajstić information content (AvgIpc) is 2.59. The Labute approximate surface area is 170 Å². The van der Waals surface area contributed by atoms with Gasteiger partial charge in [-0.2, -0.15) is 13.2 Å². The third kappa shape index (κ3) is 7.69. The maximum atomic E-state index is 12.6. The third-order valence-electron chi connectivity index (χ3n) is 4.65. The van der Waals surface area contributed by atoms with Crippen LogP contribution < -0.4 is 10.6 Å². The molecule has 0 aromatic heterocycles. The third-order valence-corrected chi connectivity index (χ3v) is 4.65. The largest absolute Gasteiger partial charge is 0.416 e. The van der Waals surface area contributed by atoms with Crippen molar-refractivity contribution in [3.05, 3.63) is 35.4 Å². The summed E-state index contributed by atoms with van der Waals surface area (Å²) in [5.74, 6) is 1.42. The molecule has 4 nitrogen and oxygen atoms in total. The van der Waals surface area contributed by atoms with Crippen molar-refractivity contribution in [3.8, 4) is 0 Å². The molecule has 0 saturated carbocycles. The van der Waals surface area contributed by atoms with Gasteiger partial charge in [-0.25, -0.2) is 0 Å². The van der Waals surface area contributed by atoms with Crippen molar-refractivity contribution >= 4 is 29.9 Å². The van der Waals surface area contributed by atoms with Gasteiger partial charge in [0.2, 0.25) is 0 Å². The van der Waals surface area contributed by atoms with E-state index in [0.29, 0.717) is 12.5 Å². The van der Waals surface area contributed by atoms with Crippen molar-refractivity contribution in [2.75, 3.05) is 33.7 Å². The van der Waals surface area contributed by atoms with Crippen molar-refractivity contribution < 1.29 is 13.2 Å². The van der Waals surface area contributed by atoms with Crippen LogP contribution in [-0.4, -0.2) is 44.6 Å². The molecule has 2 rings (SSSR count). The van der Waals surface area contributed by atoms with Gasteiger partial charge in [0.05, 0.1) is 5.56 Å². The fraction of sp³-hybridized carbons (Fsp3) is 0.611. The molecule has 0 amide bonds. The molecule has 2 N–H and O–H groups in total. The summed E-state index contributed by atoms with van der Waals surface area (Å²) >= 11 is 0. The smallest absolute Gasteiger partial charge is 0.356 e. The highest BCUT2D eigenvalue weighted by molar-refractivity contribution is 14.0. The predicted octanol–water partition coefficient (Wildman–Crippen LogP) is 3.72. The lowest BCUT2D eigenvalue weighted by Crippen LogP contribution is -2.38. The fourth-order valence-electron chi connectivity index (χ4n) is 2.96. The summed E-state index contributed by atoms with van der Waals surface area (Å²) in [6.45, 7) is 3.60. The molecule has 26 heavy (non-hydrogen) atoms. The zero-order valence-corrected chi connectivity index (χ0v) is 17.6. The highest BCUT2D eigenvalue weighted by Gasteiger charge is 2.29. The van der Waals surface area contributed by atoms with Gasteiger partial charge in [-0.15, -0.1) is 24.0 Å². The van der Waals surface area contributed by atoms with Gasteiger partial charge >= 0.3 is 6.18 Å². The van der Waals surface area contributed by atoms with E-state index < -0.39 is 11.7 Å². The maximum Gasteiger partial charge on any atom is 0.416 e. The van der Waals surface area contributed by atoms with Gasteiger partial charge in [0, 0.05) is 20.1 Å². The molecule has 1 fully saturated rings. The molecule has 1 heterocycles. The minimum atomic E-state index is -4.29. The number of nitrogens with one attached hydrogen (secondary N) is 2. The van der Waals surface area contributed by atoms with Gasteiger partial charge in [0.15, 0.2) is 5.96 Å². The van der Waals surface area contributed by atoms with E-state index in [4.69, 9.17) is 0 Å².